The molecule has 6 N–H and O–H groups in total. The Morgan fingerprint density at radius 1 is 0.463 bits per heavy atom. The van der Waals surface area contributed by atoms with Gasteiger partial charge in [-0.05, 0) is 144 Å². The highest BCUT2D eigenvalue weighted by atomic mass is 35.5. The molecule has 0 aliphatic rings. The average Bonchev–Trinajstić information content (AvgIpc) is 1.60. The lowest BCUT2D eigenvalue weighted by Gasteiger charge is -2.10. The number of carboxylic acids is 1. The van der Waals surface area contributed by atoms with Crippen LogP contribution in [0.2, 0.25) is 45.2 Å². The number of aromatic amines is 1. The van der Waals surface area contributed by atoms with Crippen molar-refractivity contribution in [3.05, 3.63) is 297 Å². The second-order valence-electron chi connectivity index (χ2n) is 22.2. The summed E-state index contributed by atoms with van der Waals surface area (Å²) in [6.07, 6.45) is 1.45. The summed E-state index contributed by atoms with van der Waals surface area (Å²) in [6.45, 7) is 1.11. The first-order valence-corrected chi connectivity index (χ1v) is 34.5. The third-order valence-electron chi connectivity index (χ3n) is 15.5. The number of carbonyl (C=O) groups is 3. The molecule has 0 aliphatic carbocycles. The summed E-state index contributed by atoms with van der Waals surface area (Å²) in [5.41, 5.74) is 13.1. The number of aromatic nitrogens is 10. The summed E-state index contributed by atoms with van der Waals surface area (Å²) < 4.78 is 21.2. The van der Waals surface area contributed by atoms with Crippen LogP contribution in [0.25, 0.3) is 56.5 Å². The van der Waals surface area contributed by atoms with Gasteiger partial charge >= 0.3 is 5.97 Å². The van der Waals surface area contributed by atoms with E-state index in [1.54, 1.807) is 147 Å². The Morgan fingerprint density at radius 2 is 0.787 bits per heavy atom. The van der Waals surface area contributed by atoms with Gasteiger partial charge in [-0.15, -0.1) is 4.68 Å². The van der Waals surface area contributed by atoms with E-state index < -0.39 is 17.8 Å². The summed E-state index contributed by atoms with van der Waals surface area (Å²) in [5.74, 6) is 0.103. The van der Waals surface area contributed by atoms with E-state index in [0.717, 1.165) is 33.8 Å². The van der Waals surface area contributed by atoms with Crippen LogP contribution in [0.3, 0.4) is 0 Å². The normalized spacial score (nSPS) is 10.4. The molecule has 0 saturated carbocycles. The number of carboxylic acid groups (broad SMARTS) is 1. The molecule has 4 aromatic heterocycles. The Hall–Kier alpha value is -11.0. The number of nitriles is 2. The second-order valence-corrected chi connectivity index (χ2v) is 26.0. The van der Waals surface area contributed by atoms with E-state index in [2.05, 4.69) is 42.4 Å². The highest BCUT2D eigenvalue weighted by molar-refractivity contribution is 6.37. The average molecular weight is 1630 g/mol. The first-order chi connectivity index (χ1) is 51.1. The summed E-state index contributed by atoms with van der Waals surface area (Å²) >= 11 is 55.5. The molecule has 31 heteroatoms. The molecule has 0 atom stereocenters. The molecule has 13 rings (SSSR count). The molecule has 0 unspecified atom stereocenters. The Morgan fingerprint density at radius 3 is 1.12 bits per heavy atom. The fourth-order valence-corrected chi connectivity index (χ4v) is 12.2. The lowest BCUT2D eigenvalue weighted by Crippen LogP contribution is -2.36. The summed E-state index contributed by atoms with van der Waals surface area (Å²) in [7, 11) is 4.83. The van der Waals surface area contributed by atoms with Crippen LogP contribution in [0.15, 0.2) is 207 Å². The largest absolute Gasteiger partial charge is 0.497 e. The minimum absolute atomic E-state index is 0. The van der Waals surface area contributed by atoms with E-state index in [-0.39, 0.29) is 61.2 Å². The van der Waals surface area contributed by atoms with Crippen LogP contribution in [-0.2, 0) is 19.6 Å². The van der Waals surface area contributed by atoms with Crippen molar-refractivity contribution in [2.75, 3.05) is 21.3 Å². The van der Waals surface area contributed by atoms with Crippen molar-refractivity contribution < 1.29 is 38.4 Å². The number of benzene rings is 9. The van der Waals surface area contributed by atoms with Gasteiger partial charge in [0.25, 0.3) is 18.1 Å². The predicted octanol–water partition coefficient (Wildman–Crippen LogP) is 18.6. The van der Waals surface area contributed by atoms with E-state index in [0.29, 0.717) is 103 Å². The molecule has 0 radical (unpaired) electrons. The van der Waals surface area contributed by atoms with Crippen LogP contribution in [0, 0.1) is 22.7 Å². The lowest BCUT2D eigenvalue weighted by atomic mass is 10.1. The minimum Gasteiger partial charge on any atom is -0.497 e. The van der Waals surface area contributed by atoms with Crippen LogP contribution < -0.4 is 35.3 Å². The van der Waals surface area contributed by atoms with Gasteiger partial charge in [-0.2, -0.15) is 25.8 Å². The van der Waals surface area contributed by atoms with Gasteiger partial charge in [0.15, 0.2) is 28.0 Å². The van der Waals surface area contributed by atoms with Gasteiger partial charge < -0.3 is 35.7 Å². The molecular formula is C77H63Cl9N15O7+. The Balaban J connectivity index is 0.000000192. The minimum atomic E-state index is -1.31. The molecule has 108 heavy (non-hydrogen) atoms. The maximum absolute atomic E-state index is 13.5. The number of carbonyl (C=O) groups excluding carboxylic acids is 2. The van der Waals surface area contributed by atoms with Gasteiger partial charge in [0.1, 0.15) is 51.3 Å². The number of nitrogens with one attached hydrogen (secondary N) is 3. The van der Waals surface area contributed by atoms with Gasteiger partial charge in [-0.3, -0.25) is 9.59 Å². The molecule has 4 heterocycles. The maximum Gasteiger partial charge on any atom is 0.357 e. The zero-order valence-corrected chi connectivity index (χ0v) is 62.3. The summed E-state index contributed by atoms with van der Waals surface area (Å²) in [4.78, 5) is 38.1. The molecule has 0 bridgehead atoms. The molecule has 550 valence electrons. The third kappa shape index (κ3) is 20.0. The van der Waals surface area contributed by atoms with Crippen molar-refractivity contribution in [1.29, 1.82) is 10.5 Å². The number of amides is 2. The molecule has 0 aliphatic heterocycles. The molecule has 13 aromatic rings. The van der Waals surface area contributed by atoms with E-state index in [9.17, 15) is 30.0 Å². The number of tetrazole rings is 1. The topological polar surface area (TPSA) is 296 Å². The monoisotopic (exact) mass is 1620 g/mol. The number of hydrogen-bond donors (Lipinski definition) is 5. The van der Waals surface area contributed by atoms with Crippen LogP contribution in [0.4, 0.5) is 0 Å². The third-order valence-corrected chi connectivity index (χ3v) is 17.9. The molecule has 0 saturated heterocycles. The maximum atomic E-state index is 13.5. The standard InChI is InChI=1S/C25H18Cl3N7O2.C25H17Cl3N4O2.C17H8Cl3N3O2.C8H11NO.2CH4/c1-37-19-9-2-15(3-10-19)13-29-25(36)22-24(34-14-30-32-33-34)23(16-4-6-17(26)7-5-16)35(31-22)21-11-8-18(27)12-20(21)28;1-34-19-9-2-15(3-10-19)14-30-25(33)23-20(13-29)24(16-4-6-17(26)7-5-16)32(31-23)22-11-8-18(27)12-21(22)28;18-10-3-1-9(2-4-10)16-12(8-21)15(17(24)25)22-23(16)14-6-5-11(19)7-13(14)20;1-10-8-4-2-7(6-9)3-5-8;;/h2-12,14H,13H2,1H3,(H,29,36);2-12H,14H2,1H3,(H,30,33);1-7H,(H,24,25);2-5H,6,9H2,1H3;2*1H4/p+1. The van der Waals surface area contributed by atoms with E-state index in [1.165, 1.54) is 26.4 Å². The molecule has 0 spiro atoms. The van der Waals surface area contributed by atoms with Gasteiger partial charge in [0, 0.05) is 66.5 Å². The number of rotatable bonds is 18. The van der Waals surface area contributed by atoms with Gasteiger partial charge in [0.2, 0.25) is 0 Å². The first-order valence-electron chi connectivity index (χ1n) is 31.1. The zero-order chi connectivity index (χ0) is 75.7. The number of ether oxygens (including phenoxy) is 3. The van der Waals surface area contributed by atoms with Gasteiger partial charge in [-0.25, -0.2) is 18.8 Å². The summed E-state index contributed by atoms with van der Waals surface area (Å²) in [5, 5.41) is 62.3. The van der Waals surface area contributed by atoms with Crippen molar-refractivity contribution in [2.45, 2.75) is 34.5 Å². The Labute approximate surface area is 665 Å². The highest BCUT2D eigenvalue weighted by Crippen LogP contribution is 2.38. The fraction of sp³-hybridized carbons (Fsp3) is 0.104. The van der Waals surface area contributed by atoms with Gasteiger partial charge in [-0.1, -0.05) is 197 Å². The first kappa shape index (κ1) is 82.7. The van der Waals surface area contributed by atoms with Crippen LogP contribution in [-0.4, -0.2) is 89.1 Å². The number of H-pyrrole nitrogens is 1. The predicted molar refractivity (Wildman–Crippen MR) is 423 cm³/mol. The zero-order valence-electron chi connectivity index (χ0n) is 55.5. The van der Waals surface area contributed by atoms with E-state index in [4.69, 9.17) is 129 Å². The van der Waals surface area contributed by atoms with Crippen molar-refractivity contribution in [3.8, 4) is 85.9 Å². The molecule has 9 aromatic carbocycles. The second kappa shape index (κ2) is 38.5. The van der Waals surface area contributed by atoms with Crippen molar-refractivity contribution in [2.24, 2.45) is 5.73 Å². The molecular weight excluding hydrogens is 1570 g/mol. The molecule has 2 amide bonds. The highest BCUT2D eigenvalue weighted by Gasteiger charge is 2.32. The Kier molecular flexibility index (Phi) is 29.5. The molecule has 22 nitrogen and oxygen atoms in total. The SMILES string of the molecule is C.C.COc1ccc(CN)cc1.COc1ccc(CNC(=O)c2nn(-c3ccc(Cl)cc3Cl)c(-c3ccc(Cl)cc3)c2-[n+]2cnn[nH]2)cc1.COc1ccc(CNC(=O)c2nn(-c3ccc(Cl)cc3Cl)c(-c3ccc(Cl)cc3)c2C#N)cc1.N#Cc1c(C(=O)O)nn(-c2ccc(Cl)cc2Cl)c1-c1ccc(Cl)cc1. The summed E-state index contributed by atoms with van der Waals surface area (Å²) in [6, 6.07) is 61.8. The van der Waals surface area contributed by atoms with Gasteiger partial charge in [0.05, 0.1) is 64.8 Å². The van der Waals surface area contributed by atoms with Crippen LogP contribution >= 0.6 is 104 Å². The van der Waals surface area contributed by atoms with E-state index in [1.807, 2.05) is 78.9 Å². The molecule has 0 fully saturated rings. The number of aromatic carboxylic acids is 1. The van der Waals surface area contributed by atoms with E-state index >= 15 is 0 Å². The quantitative estimate of drug-likeness (QED) is 0.0499. The number of nitrogens with zero attached hydrogens (tertiary/aromatic N) is 11. The smallest absolute Gasteiger partial charge is 0.357 e. The fourth-order valence-electron chi connectivity index (χ4n) is 10.3. The lowest BCUT2D eigenvalue weighted by molar-refractivity contribution is -0.660. The van der Waals surface area contributed by atoms with Crippen LogP contribution in [0.5, 0.6) is 17.2 Å². The number of halogens is 9. The van der Waals surface area contributed by atoms with Crippen molar-refractivity contribution >= 4 is 122 Å². The number of methoxy groups -OCH3 is 3. The number of nitrogens with two attached hydrogens (primary N) is 1. The number of hydrogen-bond acceptors (Lipinski definition) is 14. The van der Waals surface area contributed by atoms with Crippen molar-refractivity contribution in [1.82, 2.24) is 55.5 Å². The van der Waals surface area contributed by atoms with Crippen LogP contribution in [0.1, 0.15) is 74.1 Å². The Bertz CT molecular complexity index is 5360. The van der Waals surface area contributed by atoms with Crippen molar-refractivity contribution in [3.63, 3.8) is 0 Å².